The summed E-state index contributed by atoms with van der Waals surface area (Å²) in [6.45, 7) is 0. The first kappa shape index (κ1) is 12.5. The molecule has 0 spiro atoms. The van der Waals surface area contributed by atoms with Crippen LogP contribution in [-0.2, 0) is 4.79 Å². The average molecular weight is 269 g/mol. The maximum atomic E-state index is 11.9. The molecule has 2 aromatic rings. The Kier molecular flexibility index (Phi) is 3.25. The van der Waals surface area contributed by atoms with Crippen molar-refractivity contribution in [2.24, 2.45) is 5.92 Å². The van der Waals surface area contributed by atoms with Gasteiger partial charge in [0, 0.05) is 29.6 Å². The predicted molar refractivity (Wildman–Crippen MR) is 74.1 cm³/mol. The number of carbonyl (C=O) groups is 2. The molecule has 1 aliphatic carbocycles. The first-order valence-electron chi connectivity index (χ1n) is 6.57. The van der Waals surface area contributed by atoms with Crippen molar-refractivity contribution in [2.45, 2.75) is 12.8 Å². The molecule has 0 bridgehead atoms. The molecular weight excluding hydrogens is 254 g/mol. The summed E-state index contributed by atoms with van der Waals surface area (Å²) in [5.41, 5.74) is 6.36. The normalized spacial score (nSPS) is 13.8. The second-order valence-corrected chi connectivity index (χ2v) is 4.85. The summed E-state index contributed by atoms with van der Waals surface area (Å²) in [5, 5.41) is 0. The van der Waals surface area contributed by atoms with E-state index in [1.807, 2.05) is 41.2 Å². The van der Waals surface area contributed by atoms with E-state index < -0.39 is 0 Å². The number of hydrazine groups is 1. The summed E-state index contributed by atoms with van der Waals surface area (Å²) < 4.78 is 1.95. The van der Waals surface area contributed by atoms with Crippen LogP contribution in [0.15, 0.2) is 48.8 Å². The Morgan fingerprint density at radius 1 is 1.00 bits per heavy atom. The van der Waals surface area contributed by atoms with Crippen LogP contribution < -0.4 is 10.9 Å². The van der Waals surface area contributed by atoms with Gasteiger partial charge in [-0.05, 0) is 49.2 Å². The first-order chi connectivity index (χ1) is 9.74. The van der Waals surface area contributed by atoms with Crippen molar-refractivity contribution in [2.75, 3.05) is 0 Å². The Bertz CT molecular complexity index is 613. The lowest BCUT2D eigenvalue weighted by molar-refractivity contribution is -0.123. The fraction of sp³-hybridized carbons (Fsp3) is 0.200. The van der Waals surface area contributed by atoms with Gasteiger partial charge in [-0.1, -0.05) is 0 Å². The highest BCUT2D eigenvalue weighted by atomic mass is 16.2. The van der Waals surface area contributed by atoms with E-state index in [4.69, 9.17) is 0 Å². The topological polar surface area (TPSA) is 63.1 Å². The molecule has 2 amide bonds. The van der Waals surface area contributed by atoms with E-state index in [0.29, 0.717) is 5.56 Å². The molecule has 1 aromatic heterocycles. The third-order valence-electron chi connectivity index (χ3n) is 3.28. The molecule has 1 aromatic carbocycles. The number of nitrogens with zero attached hydrogens (tertiary/aromatic N) is 1. The number of aromatic nitrogens is 1. The van der Waals surface area contributed by atoms with Gasteiger partial charge in [0.05, 0.1) is 0 Å². The van der Waals surface area contributed by atoms with Crippen molar-refractivity contribution in [3.05, 3.63) is 54.4 Å². The maximum absolute atomic E-state index is 11.9. The first-order valence-corrected chi connectivity index (χ1v) is 6.57. The fourth-order valence-corrected chi connectivity index (χ4v) is 1.93. The van der Waals surface area contributed by atoms with Gasteiger partial charge in [-0.15, -0.1) is 0 Å². The molecule has 20 heavy (non-hydrogen) atoms. The summed E-state index contributed by atoms with van der Waals surface area (Å²) >= 11 is 0. The quantitative estimate of drug-likeness (QED) is 0.832. The molecule has 5 nitrogen and oxygen atoms in total. The minimum atomic E-state index is -0.307. The van der Waals surface area contributed by atoms with Crippen molar-refractivity contribution in [3.8, 4) is 5.69 Å². The molecule has 102 valence electrons. The van der Waals surface area contributed by atoms with Gasteiger partial charge in [0.15, 0.2) is 0 Å². The molecule has 0 saturated heterocycles. The predicted octanol–water partition coefficient (Wildman–Crippen LogP) is 1.65. The van der Waals surface area contributed by atoms with Crippen LogP contribution in [0.4, 0.5) is 0 Å². The molecule has 0 aliphatic heterocycles. The Hall–Kier alpha value is -2.56. The fourth-order valence-electron chi connectivity index (χ4n) is 1.93. The number of hydrogen-bond acceptors (Lipinski definition) is 2. The summed E-state index contributed by atoms with van der Waals surface area (Å²) in [6.07, 6.45) is 5.69. The second kappa shape index (κ2) is 5.21. The standard InChI is InChI=1S/C15H15N3O2/c19-14(11-3-4-11)16-17-15(20)12-5-7-13(8-6-12)18-9-1-2-10-18/h1-2,5-11H,3-4H2,(H,16,19)(H,17,20). The molecule has 1 aliphatic rings. The Labute approximate surface area is 116 Å². The van der Waals surface area contributed by atoms with Crippen LogP contribution in [0.3, 0.4) is 0 Å². The summed E-state index contributed by atoms with van der Waals surface area (Å²) in [6, 6.07) is 11.1. The van der Waals surface area contributed by atoms with Crippen molar-refractivity contribution >= 4 is 11.8 Å². The molecule has 2 N–H and O–H groups in total. The minimum Gasteiger partial charge on any atom is -0.324 e. The van der Waals surface area contributed by atoms with E-state index in [1.165, 1.54) is 0 Å². The number of rotatable bonds is 3. The largest absolute Gasteiger partial charge is 0.324 e. The number of nitrogens with one attached hydrogen (secondary N) is 2. The van der Waals surface area contributed by atoms with E-state index in [1.54, 1.807) is 12.1 Å². The molecule has 0 atom stereocenters. The maximum Gasteiger partial charge on any atom is 0.269 e. The van der Waals surface area contributed by atoms with Gasteiger partial charge in [-0.2, -0.15) is 0 Å². The highest BCUT2D eigenvalue weighted by molar-refractivity contribution is 5.95. The summed E-state index contributed by atoms with van der Waals surface area (Å²) in [7, 11) is 0. The van der Waals surface area contributed by atoms with Gasteiger partial charge in [-0.25, -0.2) is 0 Å². The molecule has 3 rings (SSSR count). The second-order valence-electron chi connectivity index (χ2n) is 4.85. The van der Waals surface area contributed by atoms with E-state index in [2.05, 4.69) is 10.9 Å². The molecule has 1 saturated carbocycles. The smallest absolute Gasteiger partial charge is 0.269 e. The SMILES string of the molecule is O=C(NNC(=O)C1CC1)c1ccc(-n2cccc2)cc1. The van der Waals surface area contributed by atoms with E-state index in [9.17, 15) is 9.59 Å². The lowest BCUT2D eigenvalue weighted by atomic mass is 10.2. The Morgan fingerprint density at radius 2 is 1.65 bits per heavy atom. The lowest BCUT2D eigenvalue weighted by Crippen LogP contribution is -2.42. The highest BCUT2D eigenvalue weighted by Gasteiger charge is 2.29. The van der Waals surface area contributed by atoms with Gasteiger partial charge in [0.2, 0.25) is 5.91 Å². The van der Waals surface area contributed by atoms with Crippen LogP contribution in [-0.4, -0.2) is 16.4 Å². The van der Waals surface area contributed by atoms with Crippen LogP contribution in [0.1, 0.15) is 23.2 Å². The Balaban J connectivity index is 1.61. The van der Waals surface area contributed by atoms with E-state index in [0.717, 1.165) is 18.5 Å². The van der Waals surface area contributed by atoms with Crippen LogP contribution >= 0.6 is 0 Å². The lowest BCUT2D eigenvalue weighted by Gasteiger charge is -2.08. The summed E-state index contributed by atoms with van der Waals surface area (Å²) in [5.74, 6) is -0.341. The van der Waals surface area contributed by atoms with Crippen LogP contribution in [0.2, 0.25) is 0 Å². The van der Waals surface area contributed by atoms with Gasteiger partial charge < -0.3 is 4.57 Å². The average Bonchev–Trinajstić information content (AvgIpc) is 3.19. The minimum absolute atomic E-state index is 0.0754. The van der Waals surface area contributed by atoms with Crippen LogP contribution in [0.5, 0.6) is 0 Å². The number of hydrogen-bond donors (Lipinski definition) is 2. The molecule has 0 unspecified atom stereocenters. The number of amides is 2. The molecule has 0 radical (unpaired) electrons. The third kappa shape index (κ3) is 2.71. The zero-order valence-corrected chi connectivity index (χ0v) is 10.9. The molecule has 1 fully saturated rings. The van der Waals surface area contributed by atoms with Crippen molar-refractivity contribution in [1.82, 2.24) is 15.4 Å². The molecule has 1 heterocycles. The number of benzene rings is 1. The molecular formula is C15H15N3O2. The van der Waals surface area contributed by atoms with Gasteiger partial charge in [0.1, 0.15) is 0 Å². The highest BCUT2D eigenvalue weighted by Crippen LogP contribution is 2.28. The number of carbonyl (C=O) groups excluding carboxylic acids is 2. The van der Waals surface area contributed by atoms with Crippen molar-refractivity contribution in [1.29, 1.82) is 0 Å². The Morgan fingerprint density at radius 3 is 2.25 bits per heavy atom. The van der Waals surface area contributed by atoms with E-state index in [-0.39, 0.29) is 17.7 Å². The van der Waals surface area contributed by atoms with Crippen LogP contribution in [0, 0.1) is 5.92 Å². The monoisotopic (exact) mass is 269 g/mol. The van der Waals surface area contributed by atoms with E-state index >= 15 is 0 Å². The third-order valence-corrected chi connectivity index (χ3v) is 3.28. The molecule has 5 heteroatoms. The van der Waals surface area contributed by atoms with Gasteiger partial charge in [-0.3, -0.25) is 20.4 Å². The zero-order chi connectivity index (χ0) is 13.9. The zero-order valence-electron chi connectivity index (χ0n) is 10.9. The van der Waals surface area contributed by atoms with Crippen molar-refractivity contribution in [3.63, 3.8) is 0 Å². The van der Waals surface area contributed by atoms with Crippen LogP contribution in [0.25, 0.3) is 5.69 Å². The van der Waals surface area contributed by atoms with Gasteiger partial charge >= 0.3 is 0 Å². The summed E-state index contributed by atoms with van der Waals surface area (Å²) in [4.78, 5) is 23.3. The van der Waals surface area contributed by atoms with Gasteiger partial charge in [0.25, 0.3) is 5.91 Å². The van der Waals surface area contributed by atoms with Crippen molar-refractivity contribution < 1.29 is 9.59 Å².